The number of nitrogens with two attached hydrogens (primary N) is 1. The van der Waals surface area contributed by atoms with Crippen LogP contribution in [0.3, 0.4) is 0 Å². The van der Waals surface area contributed by atoms with Crippen molar-refractivity contribution < 1.29 is 9.50 Å². The van der Waals surface area contributed by atoms with E-state index in [9.17, 15) is 9.50 Å². The van der Waals surface area contributed by atoms with E-state index in [1.54, 1.807) is 12.1 Å². The first kappa shape index (κ1) is 20.4. The number of halogens is 2. The van der Waals surface area contributed by atoms with E-state index in [4.69, 9.17) is 5.73 Å². The van der Waals surface area contributed by atoms with Gasteiger partial charge in [-0.3, -0.25) is 4.90 Å². The van der Waals surface area contributed by atoms with Gasteiger partial charge in [0, 0.05) is 25.3 Å². The lowest BCUT2D eigenvalue weighted by Crippen LogP contribution is -2.31. The Morgan fingerprint density at radius 2 is 1.75 bits per heavy atom. The Hall–Kier alpha value is -1.62. The Balaban J connectivity index is 0.00000288. The molecule has 3 nitrogen and oxygen atoms in total. The molecular weight excluding hydrogens is 327 g/mol. The third-order valence-corrected chi connectivity index (χ3v) is 3.67. The highest BCUT2D eigenvalue weighted by molar-refractivity contribution is 5.85. The summed E-state index contributed by atoms with van der Waals surface area (Å²) in [6, 6.07) is 13.8. The van der Waals surface area contributed by atoms with Crippen LogP contribution >= 0.6 is 12.4 Å². The van der Waals surface area contributed by atoms with Gasteiger partial charge in [0.05, 0.1) is 6.10 Å². The van der Waals surface area contributed by atoms with E-state index >= 15 is 0 Å². The molecule has 0 fully saturated rings. The van der Waals surface area contributed by atoms with Gasteiger partial charge in [-0.1, -0.05) is 38.1 Å². The van der Waals surface area contributed by atoms with Gasteiger partial charge in [-0.25, -0.2) is 4.39 Å². The SMILES string of the molecule is CC(C)CN(Cc1cccc(N)c1)CC(O)c1ccc(F)cc1.Cl. The monoisotopic (exact) mass is 352 g/mol. The molecule has 3 N–H and O–H groups in total. The molecule has 0 amide bonds. The Bertz CT molecular complexity index is 619. The molecule has 132 valence electrons. The first-order valence-corrected chi connectivity index (χ1v) is 7.94. The molecule has 2 aromatic rings. The van der Waals surface area contributed by atoms with E-state index in [0.29, 0.717) is 12.5 Å². The lowest BCUT2D eigenvalue weighted by Gasteiger charge is -2.27. The van der Waals surface area contributed by atoms with Gasteiger partial charge in [-0.05, 0) is 41.3 Å². The Labute approximate surface area is 149 Å². The lowest BCUT2D eigenvalue weighted by molar-refractivity contribution is 0.102. The van der Waals surface area contributed by atoms with Gasteiger partial charge in [0.25, 0.3) is 0 Å². The van der Waals surface area contributed by atoms with Gasteiger partial charge in [-0.15, -0.1) is 12.4 Å². The van der Waals surface area contributed by atoms with Gasteiger partial charge < -0.3 is 10.8 Å². The van der Waals surface area contributed by atoms with Crippen molar-refractivity contribution in [3.05, 3.63) is 65.5 Å². The van der Waals surface area contributed by atoms with Crippen LogP contribution in [0.5, 0.6) is 0 Å². The van der Waals surface area contributed by atoms with E-state index in [1.165, 1.54) is 12.1 Å². The predicted octanol–water partition coefficient (Wildman–Crippen LogP) is 4.02. The molecule has 0 radical (unpaired) electrons. The van der Waals surface area contributed by atoms with Crippen molar-refractivity contribution in [3.63, 3.8) is 0 Å². The molecule has 0 aliphatic heterocycles. The Kier molecular flexibility index (Phi) is 8.19. The zero-order chi connectivity index (χ0) is 16.8. The Morgan fingerprint density at radius 3 is 2.33 bits per heavy atom. The predicted molar refractivity (Wildman–Crippen MR) is 99.6 cm³/mol. The second-order valence-corrected chi connectivity index (χ2v) is 6.40. The van der Waals surface area contributed by atoms with Gasteiger partial charge in [0.2, 0.25) is 0 Å². The molecule has 0 aromatic heterocycles. The summed E-state index contributed by atoms with van der Waals surface area (Å²) in [5.41, 5.74) is 8.43. The van der Waals surface area contributed by atoms with Crippen LogP contribution in [-0.2, 0) is 6.54 Å². The van der Waals surface area contributed by atoms with Crippen molar-refractivity contribution >= 4 is 18.1 Å². The molecule has 0 aliphatic rings. The molecule has 5 heteroatoms. The summed E-state index contributed by atoms with van der Waals surface area (Å²) in [4.78, 5) is 2.20. The van der Waals surface area contributed by atoms with Crippen LogP contribution in [0.15, 0.2) is 48.5 Å². The molecule has 24 heavy (non-hydrogen) atoms. The summed E-state index contributed by atoms with van der Waals surface area (Å²) in [7, 11) is 0. The van der Waals surface area contributed by atoms with Crippen LogP contribution < -0.4 is 5.73 Å². The highest BCUT2D eigenvalue weighted by Gasteiger charge is 2.15. The quantitative estimate of drug-likeness (QED) is 0.740. The van der Waals surface area contributed by atoms with E-state index in [2.05, 4.69) is 18.7 Å². The van der Waals surface area contributed by atoms with E-state index < -0.39 is 6.10 Å². The second kappa shape index (κ2) is 9.62. The molecule has 2 aromatic carbocycles. The molecule has 0 spiro atoms. The smallest absolute Gasteiger partial charge is 0.123 e. The zero-order valence-corrected chi connectivity index (χ0v) is 15.0. The number of anilines is 1. The van der Waals surface area contributed by atoms with E-state index in [1.807, 2.05) is 24.3 Å². The topological polar surface area (TPSA) is 49.5 Å². The van der Waals surface area contributed by atoms with Gasteiger partial charge in [0.1, 0.15) is 5.82 Å². The first-order valence-electron chi connectivity index (χ1n) is 7.94. The number of aliphatic hydroxyl groups excluding tert-OH is 1. The van der Waals surface area contributed by atoms with Crippen LogP contribution in [-0.4, -0.2) is 23.1 Å². The minimum Gasteiger partial charge on any atom is -0.399 e. The molecule has 0 saturated heterocycles. The van der Waals surface area contributed by atoms with Crippen molar-refractivity contribution in [1.29, 1.82) is 0 Å². The number of hydrogen-bond donors (Lipinski definition) is 2. The molecular formula is C19H26ClFN2O. The van der Waals surface area contributed by atoms with Crippen molar-refractivity contribution in [3.8, 4) is 0 Å². The maximum atomic E-state index is 13.0. The average Bonchev–Trinajstić information content (AvgIpc) is 2.47. The zero-order valence-electron chi connectivity index (χ0n) is 14.2. The number of benzene rings is 2. The third-order valence-electron chi connectivity index (χ3n) is 3.67. The molecule has 0 bridgehead atoms. The fraction of sp³-hybridized carbons (Fsp3) is 0.368. The molecule has 0 saturated carbocycles. The summed E-state index contributed by atoms with van der Waals surface area (Å²) in [5, 5.41) is 10.4. The van der Waals surface area contributed by atoms with Crippen LogP contribution in [0.2, 0.25) is 0 Å². The standard InChI is InChI=1S/C19H25FN2O.ClH/c1-14(2)11-22(12-15-4-3-5-18(21)10-15)13-19(23)16-6-8-17(20)9-7-16;/h3-10,14,19,23H,11-13,21H2,1-2H3;1H. The van der Waals surface area contributed by atoms with Crippen LogP contribution in [0, 0.1) is 11.7 Å². The van der Waals surface area contributed by atoms with Gasteiger partial charge in [-0.2, -0.15) is 0 Å². The average molecular weight is 353 g/mol. The summed E-state index contributed by atoms with van der Waals surface area (Å²) < 4.78 is 13.0. The Morgan fingerprint density at radius 1 is 1.08 bits per heavy atom. The minimum absolute atomic E-state index is 0. The van der Waals surface area contributed by atoms with Gasteiger partial charge >= 0.3 is 0 Å². The minimum atomic E-state index is -0.643. The van der Waals surface area contributed by atoms with Crippen LogP contribution in [0.4, 0.5) is 10.1 Å². The van der Waals surface area contributed by atoms with E-state index in [-0.39, 0.29) is 18.2 Å². The molecule has 1 unspecified atom stereocenters. The maximum Gasteiger partial charge on any atom is 0.123 e. The molecule has 2 rings (SSSR count). The number of rotatable bonds is 7. The third kappa shape index (κ3) is 6.48. The van der Waals surface area contributed by atoms with Crippen LogP contribution in [0.25, 0.3) is 0 Å². The highest BCUT2D eigenvalue weighted by atomic mass is 35.5. The summed E-state index contributed by atoms with van der Waals surface area (Å²) in [6.07, 6.45) is -0.643. The van der Waals surface area contributed by atoms with Crippen LogP contribution in [0.1, 0.15) is 31.1 Å². The second-order valence-electron chi connectivity index (χ2n) is 6.40. The fourth-order valence-electron chi connectivity index (χ4n) is 2.70. The largest absolute Gasteiger partial charge is 0.399 e. The number of aliphatic hydroxyl groups is 1. The molecule has 0 aliphatic carbocycles. The lowest BCUT2D eigenvalue weighted by atomic mass is 10.1. The van der Waals surface area contributed by atoms with E-state index in [0.717, 1.165) is 29.9 Å². The van der Waals surface area contributed by atoms with Crippen molar-refractivity contribution in [2.75, 3.05) is 18.8 Å². The molecule has 1 atom stereocenters. The molecule has 0 heterocycles. The van der Waals surface area contributed by atoms with Gasteiger partial charge in [0.15, 0.2) is 0 Å². The van der Waals surface area contributed by atoms with Crippen molar-refractivity contribution in [2.45, 2.75) is 26.5 Å². The normalized spacial score (nSPS) is 12.2. The fourth-order valence-corrected chi connectivity index (χ4v) is 2.70. The number of nitrogen functional groups attached to an aromatic ring is 1. The number of hydrogen-bond acceptors (Lipinski definition) is 3. The maximum absolute atomic E-state index is 13.0. The highest BCUT2D eigenvalue weighted by Crippen LogP contribution is 2.18. The summed E-state index contributed by atoms with van der Waals surface area (Å²) in [5.74, 6) is 0.191. The summed E-state index contributed by atoms with van der Waals surface area (Å²) in [6.45, 7) is 6.39. The van der Waals surface area contributed by atoms with Crippen molar-refractivity contribution in [1.82, 2.24) is 4.90 Å². The first-order chi connectivity index (χ1) is 10.9. The number of nitrogens with zero attached hydrogens (tertiary/aromatic N) is 1. The van der Waals surface area contributed by atoms with Crippen molar-refractivity contribution in [2.24, 2.45) is 5.92 Å². The summed E-state index contributed by atoms with van der Waals surface area (Å²) >= 11 is 0.